The monoisotopic (exact) mass is 649 g/mol. The fraction of sp³-hybridized carbons (Fsp3) is 0.310. The number of sulfonamides is 1. The minimum absolute atomic E-state index is 0.0224. The van der Waals surface area contributed by atoms with Crippen molar-refractivity contribution in [2.45, 2.75) is 44.7 Å². The van der Waals surface area contributed by atoms with Crippen LogP contribution in [0.1, 0.15) is 32.8 Å². The molecule has 0 aromatic heterocycles. The lowest BCUT2D eigenvalue weighted by atomic mass is 10.1. The smallest absolute Gasteiger partial charge is 0.264 e. The van der Waals surface area contributed by atoms with Gasteiger partial charge in [0.1, 0.15) is 18.3 Å². The van der Waals surface area contributed by atoms with Crippen LogP contribution in [0, 0.1) is 0 Å². The van der Waals surface area contributed by atoms with Crippen LogP contribution in [0.3, 0.4) is 0 Å². The van der Waals surface area contributed by atoms with Gasteiger partial charge in [-0.2, -0.15) is 0 Å². The Morgan fingerprint density at radius 2 is 1.70 bits per heavy atom. The van der Waals surface area contributed by atoms with Gasteiger partial charge in [-0.25, -0.2) is 8.42 Å². The molecule has 0 spiro atoms. The summed E-state index contributed by atoms with van der Waals surface area (Å²) in [6.45, 7) is 5.91. The van der Waals surface area contributed by atoms with Crippen molar-refractivity contribution >= 4 is 55.1 Å². The topological polar surface area (TPSA) is 96.0 Å². The molecule has 0 fully saturated rings. The van der Waals surface area contributed by atoms with Gasteiger partial charge in [0.25, 0.3) is 10.0 Å². The summed E-state index contributed by atoms with van der Waals surface area (Å²) in [5, 5.41) is 3.21. The minimum Gasteiger partial charge on any atom is -0.494 e. The molecule has 0 heterocycles. The number of benzene rings is 3. The molecule has 1 N–H and O–H groups in total. The molecule has 3 aromatic rings. The van der Waals surface area contributed by atoms with E-state index in [1.165, 1.54) is 29.2 Å². The second kappa shape index (κ2) is 14.5. The molecule has 214 valence electrons. The third kappa shape index (κ3) is 8.22. The first kappa shape index (κ1) is 31.4. The Morgan fingerprint density at radius 3 is 2.30 bits per heavy atom. The molecule has 11 heteroatoms. The van der Waals surface area contributed by atoms with Crippen LogP contribution in [0.15, 0.2) is 82.2 Å². The molecule has 0 aliphatic rings. The molecule has 0 radical (unpaired) electrons. The van der Waals surface area contributed by atoms with Crippen LogP contribution in [0.4, 0.5) is 5.69 Å². The van der Waals surface area contributed by atoms with Gasteiger partial charge in [-0.05, 0) is 86.5 Å². The van der Waals surface area contributed by atoms with E-state index in [-0.39, 0.29) is 23.0 Å². The second-order valence-corrected chi connectivity index (χ2v) is 12.2. The van der Waals surface area contributed by atoms with E-state index >= 15 is 0 Å². The number of carbonyl (C=O) groups is 2. The predicted molar refractivity (Wildman–Crippen MR) is 161 cm³/mol. The average Bonchev–Trinajstić information content (AvgIpc) is 2.93. The molecule has 8 nitrogen and oxygen atoms in total. The highest BCUT2D eigenvalue weighted by molar-refractivity contribution is 9.10. The van der Waals surface area contributed by atoms with Gasteiger partial charge < -0.3 is 15.0 Å². The Hall–Kier alpha value is -3.08. The van der Waals surface area contributed by atoms with E-state index in [1.54, 1.807) is 31.2 Å². The van der Waals surface area contributed by atoms with E-state index in [0.717, 1.165) is 20.8 Å². The number of hydrogen-bond donors (Lipinski definition) is 1. The Labute approximate surface area is 249 Å². The van der Waals surface area contributed by atoms with E-state index in [9.17, 15) is 18.0 Å². The zero-order valence-corrected chi connectivity index (χ0v) is 25.8. The van der Waals surface area contributed by atoms with Crippen LogP contribution in [0.5, 0.6) is 5.75 Å². The fourth-order valence-corrected chi connectivity index (χ4v) is 5.94. The van der Waals surface area contributed by atoms with Crippen molar-refractivity contribution in [3.63, 3.8) is 0 Å². The maximum absolute atomic E-state index is 13.9. The zero-order valence-electron chi connectivity index (χ0n) is 22.6. The first-order valence-corrected chi connectivity index (χ1v) is 15.5. The van der Waals surface area contributed by atoms with Crippen LogP contribution in [-0.2, 0) is 26.2 Å². The van der Waals surface area contributed by atoms with Crippen molar-refractivity contribution in [1.29, 1.82) is 0 Å². The summed E-state index contributed by atoms with van der Waals surface area (Å²) in [7, 11) is -4.19. The summed E-state index contributed by atoms with van der Waals surface area (Å²) in [6, 6.07) is 18.7. The average molecular weight is 651 g/mol. The zero-order chi connectivity index (χ0) is 29.3. The summed E-state index contributed by atoms with van der Waals surface area (Å²) >= 11 is 9.44. The molecule has 1 atom stereocenters. The third-order valence-electron chi connectivity index (χ3n) is 6.07. The van der Waals surface area contributed by atoms with E-state index in [4.69, 9.17) is 16.3 Å². The molecule has 40 heavy (non-hydrogen) atoms. The van der Waals surface area contributed by atoms with E-state index in [1.807, 2.05) is 38.1 Å². The molecule has 3 aromatic carbocycles. The van der Waals surface area contributed by atoms with Crippen LogP contribution >= 0.6 is 27.5 Å². The lowest BCUT2D eigenvalue weighted by molar-refractivity contribution is -0.139. The third-order valence-corrected chi connectivity index (χ3v) is 8.61. The summed E-state index contributed by atoms with van der Waals surface area (Å²) in [5.74, 6) is -0.289. The molecular formula is C29H33BrClN3O5S. The quantitative estimate of drug-likeness (QED) is 0.258. The fourth-order valence-electron chi connectivity index (χ4n) is 3.95. The van der Waals surface area contributed by atoms with Crippen molar-refractivity contribution in [2.75, 3.05) is 24.0 Å². The van der Waals surface area contributed by atoms with Gasteiger partial charge in [0.15, 0.2) is 0 Å². The molecule has 0 aliphatic heterocycles. The minimum atomic E-state index is -4.19. The summed E-state index contributed by atoms with van der Waals surface area (Å²) in [5.41, 5.74) is 1.06. The molecule has 0 bridgehead atoms. The van der Waals surface area contributed by atoms with Gasteiger partial charge in [0.05, 0.1) is 17.2 Å². The van der Waals surface area contributed by atoms with Crippen LogP contribution in [0.2, 0.25) is 5.02 Å². The van der Waals surface area contributed by atoms with Crippen molar-refractivity contribution < 1.29 is 22.7 Å². The Kier molecular flexibility index (Phi) is 11.4. The predicted octanol–water partition coefficient (Wildman–Crippen LogP) is 5.64. The number of nitrogens with one attached hydrogen (secondary N) is 1. The van der Waals surface area contributed by atoms with Crippen molar-refractivity contribution in [3.8, 4) is 5.75 Å². The number of amides is 2. The highest BCUT2D eigenvalue weighted by Crippen LogP contribution is 2.27. The van der Waals surface area contributed by atoms with Crippen molar-refractivity contribution in [2.24, 2.45) is 0 Å². The summed E-state index contributed by atoms with van der Waals surface area (Å²) in [4.78, 5) is 28.2. The van der Waals surface area contributed by atoms with Crippen LogP contribution in [0.25, 0.3) is 0 Å². The van der Waals surface area contributed by atoms with Crippen molar-refractivity contribution in [1.82, 2.24) is 10.2 Å². The van der Waals surface area contributed by atoms with Gasteiger partial charge in [-0.3, -0.25) is 13.9 Å². The number of nitrogens with zero attached hydrogens (tertiary/aromatic N) is 2. The molecule has 0 saturated carbocycles. The maximum Gasteiger partial charge on any atom is 0.264 e. The lowest BCUT2D eigenvalue weighted by Gasteiger charge is -2.32. The Morgan fingerprint density at radius 1 is 1.02 bits per heavy atom. The van der Waals surface area contributed by atoms with Gasteiger partial charge in [0.2, 0.25) is 11.8 Å². The Bertz CT molecular complexity index is 1400. The lowest BCUT2D eigenvalue weighted by Crippen LogP contribution is -2.51. The summed E-state index contributed by atoms with van der Waals surface area (Å²) < 4.78 is 35.1. The number of hydrogen-bond acceptors (Lipinski definition) is 5. The van der Waals surface area contributed by atoms with E-state index in [0.29, 0.717) is 23.9 Å². The normalized spacial score (nSPS) is 11.9. The number of anilines is 1. The molecule has 3 rings (SSSR count). The highest BCUT2D eigenvalue weighted by atomic mass is 79.9. The first-order valence-electron chi connectivity index (χ1n) is 12.9. The van der Waals surface area contributed by atoms with Crippen LogP contribution in [-0.4, -0.2) is 50.9 Å². The van der Waals surface area contributed by atoms with Gasteiger partial charge in [0, 0.05) is 22.6 Å². The standard InChI is InChI=1S/C29H33BrClN3O5S/c1-4-17-32-29(36)21(3)33(19-22-7-6-8-23(30)18-22)28(35)20-34(25-11-13-26(14-12-25)39-5-2)40(37,38)27-15-9-24(31)10-16-27/h6-16,18,21H,4-5,17,19-20H2,1-3H3,(H,32,36)/t21-/m1/s1. The largest absolute Gasteiger partial charge is 0.494 e. The van der Waals surface area contributed by atoms with Crippen molar-refractivity contribution in [3.05, 3.63) is 87.9 Å². The van der Waals surface area contributed by atoms with Gasteiger partial charge in [-0.15, -0.1) is 0 Å². The summed E-state index contributed by atoms with van der Waals surface area (Å²) in [6.07, 6.45) is 0.739. The SMILES string of the molecule is CCCNC(=O)[C@@H](C)N(Cc1cccc(Br)c1)C(=O)CN(c1ccc(OCC)cc1)S(=O)(=O)c1ccc(Cl)cc1. The van der Waals surface area contributed by atoms with E-state index < -0.39 is 28.5 Å². The molecular weight excluding hydrogens is 618 g/mol. The molecule has 0 saturated heterocycles. The van der Waals surface area contributed by atoms with E-state index in [2.05, 4.69) is 21.2 Å². The number of carbonyl (C=O) groups excluding carboxylic acids is 2. The molecule has 2 amide bonds. The molecule has 0 aliphatic carbocycles. The number of halogens is 2. The second-order valence-electron chi connectivity index (χ2n) is 9.01. The highest BCUT2D eigenvalue weighted by Gasteiger charge is 2.32. The van der Waals surface area contributed by atoms with Gasteiger partial charge >= 0.3 is 0 Å². The Balaban J connectivity index is 2.02. The maximum atomic E-state index is 13.9. The first-order chi connectivity index (χ1) is 19.1. The van der Waals surface area contributed by atoms with Gasteiger partial charge in [-0.1, -0.05) is 46.6 Å². The van der Waals surface area contributed by atoms with Crippen LogP contribution < -0.4 is 14.4 Å². The molecule has 0 unspecified atom stereocenters. The number of ether oxygens (including phenoxy) is 1. The number of rotatable bonds is 13.